The fourth-order valence-corrected chi connectivity index (χ4v) is 1.76. The molecule has 0 saturated carbocycles. The maximum absolute atomic E-state index is 2.55. The van der Waals surface area contributed by atoms with E-state index in [1.54, 1.807) is 0 Å². The third-order valence-corrected chi connectivity index (χ3v) is 2.95. The van der Waals surface area contributed by atoms with Crippen molar-refractivity contribution in [2.24, 2.45) is 5.92 Å². The van der Waals surface area contributed by atoms with Crippen molar-refractivity contribution in [1.29, 1.82) is 0 Å². The average Bonchev–Trinajstić information content (AvgIpc) is 2.19. The van der Waals surface area contributed by atoms with Gasteiger partial charge in [0.15, 0.2) is 0 Å². The van der Waals surface area contributed by atoms with E-state index >= 15 is 0 Å². The summed E-state index contributed by atoms with van der Waals surface area (Å²) in [6, 6.07) is 0. The molecule has 1 nitrogen and oxygen atoms in total. The molecule has 0 aliphatic carbocycles. The molecule has 0 aromatic heterocycles. The first-order valence-electron chi connectivity index (χ1n) is 6.00. The van der Waals surface area contributed by atoms with E-state index in [-0.39, 0.29) is 0 Å². The lowest BCUT2D eigenvalue weighted by atomic mass is 9.99. The Morgan fingerprint density at radius 2 is 1.62 bits per heavy atom. The smallest absolute Gasteiger partial charge is 0.000932 e. The minimum atomic E-state index is 0.930. The van der Waals surface area contributed by atoms with Crippen molar-refractivity contribution < 1.29 is 0 Å². The molecule has 80 valence electrons. The second-order valence-electron chi connectivity index (χ2n) is 3.90. The van der Waals surface area contributed by atoms with Crippen LogP contribution >= 0.6 is 0 Å². The van der Waals surface area contributed by atoms with Crippen molar-refractivity contribution in [2.45, 2.75) is 53.4 Å². The van der Waals surface area contributed by atoms with Gasteiger partial charge in [0, 0.05) is 6.54 Å². The first kappa shape index (κ1) is 13.0. The van der Waals surface area contributed by atoms with Gasteiger partial charge in [-0.05, 0) is 25.4 Å². The quantitative estimate of drug-likeness (QED) is 0.559. The Balaban J connectivity index is 3.67. The highest BCUT2D eigenvalue weighted by Gasteiger charge is 2.09. The molecular weight excluding hydrogens is 158 g/mol. The second kappa shape index (κ2) is 8.55. The molecule has 0 saturated heterocycles. The van der Waals surface area contributed by atoms with Crippen molar-refractivity contribution in [2.75, 3.05) is 19.6 Å². The van der Waals surface area contributed by atoms with Gasteiger partial charge in [-0.3, -0.25) is 0 Å². The van der Waals surface area contributed by atoms with Gasteiger partial charge in [-0.25, -0.2) is 0 Å². The summed E-state index contributed by atoms with van der Waals surface area (Å²) >= 11 is 0. The molecule has 1 heteroatoms. The molecule has 0 rings (SSSR count). The fourth-order valence-electron chi connectivity index (χ4n) is 1.76. The zero-order valence-electron chi connectivity index (χ0n) is 9.97. The summed E-state index contributed by atoms with van der Waals surface area (Å²) in [6.07, 6.45) is 5.51. The van der Waals surface area contributed by atoms with Crippen LogP contribution in [0, 0.1) is 5.92 Å². The highest BCUT2D eigenvalue weighted by atomic mass is 15.1. The predicted molar refractivity (Wildman–Crippen MR) is 61.1 cm³/mol. The molecule has 0 spiro atoms. The minimum Gasteiger partial charge on any atom is -0.304 e. The first-order chi connectivity index (χ1) is 6.28. The lowest BCUT2D eigenvalue weighted by Gasteiger charge is -2.24. The molecule has 0 bridgehead atoms. The SMILES string of the molecule is CCCC[C@@H](CC)CN(CC)CC. The van der Waals surface area contributed by atoms with Crippen LogP contribution in [0.15, 0.2) is 0 Å². The van der Waals surface area contributed by atoms with Gasteiger partial charge in [0.1, 0.15) is 0 Å². The highest BCUT2D eigenvalue weighted by Crippen LogP contribution is 2.13. The normalized spacial score (nSPS) is 13.6. The first-order valence-corrected chi connectivity index (χ1v) is 6.00. The lowest BCUT2D eigenvalue weighted by Crippen LogP contribution is -2.29. The lowest BCUT2D eigenvalue weighted by molar-refractivity contribution is 0.238. The van der Waals surface area contributed by atoms with Gasteiger partial charge in [0.2, 0.25) is 0 Å². The Hall–Kier alpha value is -0.0400. The molecule has 0 aromatic rings. The van der Waals surface area contributed by atoms with Gasteiger partial charge in [-0.2, -0.15) is 0 Å². The van der Waals surface area contributed by atoms with Gasteiger partial charge in [-0.15, -0.1) is 0 Å². The largest absolute Gasteiger partial charge is 0.304 e. The summed E-state index contributed by atoms with van der Waals surface area (Å²) < 4.78 is 0. The number of nitrogens with zero attached hydrogens (tertiary/aromatic N) is 1. The number of hydrogen-bond acceptors (Lipinski definition) is 1. The minimum absolute atomic E-state index is 0.930. The monoisotopic (exact) mass is 185 g/mol. The molecule has 0 N–H and O–H groups in total. The topological polar surface area (TPSA) is 3.24 Å². The van der Waals surface area contributed by atoms with E-state index in [2.05, 4.69) is 32.6 Å². The zero-order chi connectivity index (χ0) is 10.1. The highest BCUT2D eigenvalue weighted by molar-refractivity contribution is 4.63. The predicted octanol–water partition coefficient (Wildman–Crippen LogP) is 3.54. The molecule has 0 fully saturated rings. The van der Waals surface area contributed by atoms with Crippen LogP contribution in [-0.4, -0.2) is 24.5 Å². The molecular formula is C12H27N. The molecule has 0 unspecified atom stereocenters. The Bertz CT molecular complexity index is 97.3. The molecule has 0 aromatic carbocycles. The summed E-state index contributed by atoms with van der Waals surface area (Å²) in [6.45, 7) is 12.8. The summed E-state index contributed by atoms with van der Waals surface area (Å²) in [4.78, 5) is 2.55. The third-order valence-electron chi connectivity index (χ3n) is 2.95. The number of unbranched alkanes of at least 4 members (excludes halogenated alkanes) is 1. The van der Waals surface area contributed by atoms with Gasteiger partial charge in [0.05, 0.1) is 0 Å². The second-order valence-corrected chi connectivity index (χ2v) is 3.90. The Labute approximate surface area is 84.5 Å². The van der Waals surface area contributed by atoms with Crippen LogP contribution in [-0.2, 0) is 0 Å². The van der Waals surface area contributed by atoms with Gasteiger partial charge < -0.3 is 4.90 Å². The van der Waals surface area contributed by atoms with Crippen LogP contribution in [0.1, 0.15) is 53.4 Å². The van der Waals surface area contributed by atoms with E-state index in [1.807, 2.05) is 0 Å². The van der Waals surface area contributed by atoms with Crippen molar-refractivity contribution in [3.63, 3.8) is 0 Å². The number of rotatable bonds is 8. The van der Waals surface area contributed by atoms with Crippen molar-refractivity contribution in [3.8, 4) is 0 Å². The van der Waals surface area contributed by atoms with Crippen LogP contribution in [0.25, 0.3) is 0 Å². The van der Waals surface area contributed by atoms with Gasteiger partial charge in [0.25, 0.3) is 0 Å². The fraction of sp³-hybridized carbons (Fsp3) is 1.00. The van der Waals surface area contributed by atoms with E-state index in [0.29, 0.717) is 0 Å². The van der Waals surface area contributed by atoms with Crippen molar-refractivity contribution in [1.82, 2.24) is 4.90 Å². The van der Waals surface area contributed by atoms with E-state index < -0.39 is 0 Å². The van der Waals surface area contributed by atoms with Crippen LogP contribution in [0.4, 0.5) is 0 Å². The van der Waals surface area contributed by atoms with Crippen molar-refractivity contribution in [3.05, 3.63) is 0 Å². The van der Waals surface area contributed by atoms with Crippen LogP contribution in [0.3, 0.4) is 0 Å². The molecule has 0 aliphatic rings. The maximum atomic E-state index is 2.55. The summed E-state index contributed by atoms with van der Waals surface area (Å²) in [7, 11) is 0. The van der Waals surface area contributed by atoms with Gasteiger partial charge >= 0.3 is 0 Å². The van der Waals surface area contributed by atoms with Crippen LogP contribution in [0.2, 0.25) is 0 Å². The zero-order valence-corrected chi connectivity index (χ0v) is 9.97. The molecule has 0 amide bonds. The van der Waals surface area contributed by atoms with E-state index in [1.165, 1.54) is 45.3 Å². The number of hydrogen-bond donors (Lipinski definition) is 0. The Morgan fingerprint density at radius 1 is 1.00 bits per heavy atom. The van der Waals surface area contributed by atoms with E-state index in [0.717, 1.165) is 5.92 Å². The summed E-state index contributed by atoms with van der Waals surface area (Å²) in [5, 5.41) is 0. The maximum Gasteiger partial charge on any atom is 0.000932 e. The molecule has 0 radical (unpaired) electrons. The standard InChI is InChI=1S/C12H27N/c1-5-9-10-12(6-2)11-13(7-3)8-4/h12H,5-11H2,1-4H3/t12-/m1/s1. The molecule has 0 aliphatic heterocycles. The Morgan fingerprint density at radius 3 is 2.00 bits per heavy atom. The van der Waals surface area contributed by atoms with Crippen LogP contribution < -0.4 is 0 Å². The molecule has 0 heterocycles. The van der Waals surface area contributed by atoms with E-state index in [9.17, 15) is 0 Å². The summed E-state index contributed by atoms with van der Waals surface area (Å²) in [5.41, 5.74) is 0. The molecule has 1 atom stereocenters. The van der Waals surface area contributed by atoms with Crippen molar-refractivity contribution >= 4 is 0 Å². The third kappa shape index (κ3) is 6.09. The molecule has 13 heavy (non-hydrogen) atoms. The van der Waals surface area contributed by atoms with Gasteiger partial charge in [-0.1, -0.05) is 47.0 Å². The van der Waals surface area contributed by atoms with E-state index in [4.69, 9.17) is 0 Å². The summed E-state index contributed by atoms with van der Waals surface area (Å²) in [5.74, 6) is 0.930. The Kier molecular flexibility index (Phi) is 8.53. The average molecular weight is 185 g/mol. The van der Waals surface area contributed by atoms with Crippen LogP contribution in [0.5, 0.6) is 0 Å².